The van der Waals surface area contributed by atoms with E-state index in [2.05, 4.69) is 221 Å². The molecule has 2 aliphatic rings. The third-order valence-corrected chi connectivity index (χ3v) is 16.3. The average molecular weight is 1140 g/mol. The first-order valence-corrected chi connectivity index (χ1v) is 26.0. The molecule has 0 N–H and O–H groups in total. The summed E-state index contributed by atoms with van der Waals surface area (Å²) in [4.78, 5) is 10.2. The Bertz CT molecular complexity index is 4110. The number of nitrogens with zero attached hydrogens (tertiary/aromatic N) is 5. The fraction of sp³-hybridized carbons (Fsp3) is 0.169. The van der Waals surface area contributed by atoms with Crippen LogP contribution in [0.25, 0.3) is 55.8 Å². The van der Waals surface area contributed by atoms with Crippen LogP contribution in [0.2, 0.25) is 0 Å². The van der Waals surface area contributed by atoms with Crippen molar-refractivity contribution in [3.05, 3.63) is 221 Å². The molecule has 2 aliphatic heterocycles. The topological polar surface area (TPSA) is 38.5 Å². The molecule has 0 saturated heterocycles. The summed E-state index contributed by atoms with van der Waals surface area (Å²) in [6.45, 7) is 17.5. The SMILES string of the molecule is [2H]c1c([2H])c([2H])c(-c2cc(C(C)(C)C(C)(C)C)cc(-c3ccccc3)c2-n2[c](=[Pt])n(-c3cccc(Oc4cc(C(C)(C)C)cc(N5B6c7ccccc7-c7ccccc7N6c6ccccc65)n4)c3)c3ccccc32)c([2H])c1[2H]. The molecular formula is C65H58BN5OPt. The van der Waals surface area contributed by atoms with E-state index >= 15 is 0 Å². The summed E-state index contributed by atoms with van der Waals surface area (Å²) in [6.07, 6.45) is 0. The average Bonchev–Trinajstić information content (AvgIpc) is 4.11. The quantitative estimate of drug-likeness (QED) is 0.142. The molecule has 8 heteroatoms. The summed E-state index contributed by atoms with van der Waals surface area (Å²) in [6, 6.07) is 59.1. The van der Waals surface area contributed by atoms with Crippen LogP contribution in [0.4, 0.5) is 22.9 Å². The first-order valence-electron chi connectivity index (χ1n) is 27.4. The number of pyridine rings is 1. The van der Waals surface area contributed by atoms with Crippen molar-refractivity contribution in [1.29, 1.82) is 0 Å². The maximum atomic E-state index is 9.45. The van der Waals surface area contributed by atoms with Crippen molar-refractivity contribution < 1.29 is 30.9 Å². The number of fused-ring (bicyclic) bond motifs is 9. The van der Waals surface area contributed by atoms with E-state index in [1.807, 2.05) is 48.5 Å². The molecular weight excluding hydrogens is 1070 g/mol. The third-order valence-electron chi connectivity index (χ3n) is 15.3. The molecule has 0 atom stereocenters. The molecule has 0 bridgehead atoms. The molecule has 0 aliphatic carbocycles. The molecule has 73 heavy (non-hydrogen) atoms. The van der Waals surface area contributed by atoms with E-state index in [1.165, 1.54) is 16.6 Å². The Balaban J connectivity index is 1.04. The van der Waals surface area contributed by atoms with Crippen molar-refractivity contribution in [3.8, 4) is 56.4 Å². The monoisotopic (exact) mass is 1140 g/mol. The maximum absolute atomic E-state index is 9.45. The van der Waals surface area contributed by atoms with E-state index in [4.69, 9.17) is 13.8 Å². The summed E-state index contributed by atoms with van der Waals surface area (Å²) in [5, 5.41) is 0. The van der Waals surface area contributed by atoms with Crippen molar-refractivity contribution in [2.75, 3.05) is 9.62 Å². The number of ether oxygens (including phenoxy) is 1. The van der Waals surface area contributed by atoms with Crippen LogP contribution in [0.15, 0.2) is 206 Å². The molecule has 0 radical (unpaired) electrons. The molecule has 0 saturated carbocycles. The standard InChI is InChI=1S/C65H58BN5O.Pt/c1-63(2,3)46-40-60(71-59-37-22-21-36-58(59)70-55-33-18-16-31-51(55)50-30-15-17-32-54(50)66(70)71)67-61(41-46)72-49-29-23-28-48(42-49)68-43-69(57-35-20-19-34-56(57)68)62-52(44-24-11-9-12-25-44)38-47(65(7,8)64(4,5)6)39-53(62)45-26-13-10-14-27-45;/h9-42H,1-8H3;/i9D,11D,12D,24D,25D;. The number of hydrogen-bond acceptors (Lipinski definition) is 4. The Kier molecular flexibility index (Phi) is 9.92. The fourth-order valence-corrected chi connectivity index (χ4v) is 11.6. The second kappa shape index (κ2) is 17.6. The zero-order chi connectivity index (χ0) is 54.7. The van der Waals surface area contributed by atoms with E-state index in [9.17, 15) is 2.74 Å². The zero-order valence-corrected chi connectivity index (χ0v) is 44.6. The van der Waals surface area contributed by atoms with Crippen molar-refractivity contribution in [3.63, 3.8) is 0 Å². The summed E-state index contributed by atoms with van der Waals surface area (Å²) in [5.41, 5.74) is 13.8. The van der Waals surface area contributed by atoms with Crippen LogP contribution < -0.4 is 19.8 Å². The molecule has 12 rings (SSSR count). The molecule has 0 amide bonds. The third kappa shape index (κ3) is 7.83. The first kappa shape index (κ1) is 41.1. The van der Waals surface area contributed by atoms with Gasteiger partial charge in [-0.15, -0.1) is 0 Å². The Labute approximate surface area is 447 Å². The zero-order valence-electron chi connectivity index (χ0n) is 47.3. The molecule has 0 fully saturated rings. The van der Waals surface area contributed by atoms with Crippen molar-refractivity contribution in [2.24, 2.45) is 5.41 Å². The summed E-state index contributed by atoms with van der Waals surface area (Å²) in [7, 11) is 0. The predicted molar refractivity (Wildman–Crippen MR) is 300 cm³/mol. The van der Waals surface area contributed by atoms with Gasteiger partial charge in [0.1, 0.15) is 0 Å². The van der Waals surface area contributed by atoms with E-state index in [0.717, 1.165) is 65.7 Å². The number of benzene rings is 8. The van der Waals surface area contributed by atoms with Gasteiger partial charge in [0, 0.05) is 11.3 Å². The van der Waals surface area contributed by atoms with Gasteiger partial charge in [-0.05, 0) is 17.7 Å². The van der Waals surface area contributed by atoms with Crippen LogP contribution in [0.1, 0.15) is 73.4 Å². The van der Waals surface area contributed by atoms with Crippen molar-refractivity contribution >= 4 is 46.4 Å². The Morgan fingerprint density at radius 1 is 0.521 bits per heavy atom. The molecule has 8 aromatic carbocycles. The van der Waals surface area contributed by atoms with Gasteiger partial charge < -0.3 is 0 Å². The number of aromatic nitrogens is 3. The van der Waals surface area contributed by atoms with Gasteiger partial charge in [-0.3, -0.25) is 0 Å². The second-order valence-electron chi connectivity index (χ2n) is 21.7. The van der Waals surface area contributed by atoms with Gasteiger partial charge in [0.25, 0.3) is 0 Å². The molecule has 2 aromatic heterocycles. The van der Waals surface area contributed by atoms with Crippen LogP contribution in [0, 0.1) is 9.22 Å². The molecule has 10 aromatic rings. The van der Waals surface area contributed by atoms with Gasteiger partial charge in [0.2, 0.25) is 0 Å². The van der Waals surface area contributed by atoms with Crippen LogP contribution in [0.5, 0.6) is 11.6 Å². The number of rotatable bonds is 8. The number of hydrogen-bond donors (Lipinski definition) is 0. The molecule has 6 nitrogen and oxygen atoms in total. The van der Waals surface area contributed by atoms with Gasteiger partial charge in [-0.2, -0.15) is 0 Å². The van der Waals surface area contributed by atoms with E-state index < -0.39 is 11.5 Å². The van der Waals surface area contributed by atoms with Crippen LogP contribution in [-0.2, 0) is 30.2 Å². The van der Waals surface area contributed by atoms with Gasteiger partial charge in [-0.25, -0.2) is 0 Å². The molecule has 0 spiro atoms. The summed E-state index contributed by atoms with van der Waals surface area (Å²) >= 11 is 2.38. The fourth-order valence-electron chi connectivity index (χ4n) is 10.5. The predicted octanol–water partition coefficient (Wildman–Crippen LogP) is 16.3. The molecule has 362 valence electrons. The Morgan fingerprint density at radius 2 is 1.12 bits per heavy atom. The van der Waals surface area contributed by atoms with Crippen molar-refractivity contribution in [2.45, 2.75) is 66.2 Å². The van der Waals surface area contributed by atoms with Crippen molar-refractivity contribution in [1.82, 2.24) is 14.1 Å². The van der Waals surface area contributed by atoms with Gasteiger partial charge >= 0.3 is 367 Å². The summed E-state index contributed by atoms with van der Waals surface area (Å²) in [5.74, 6) is 1.83. The van der Waals surface area contributed by atoms with Crippen LogP contribution in [-0.4, -0.2) is 21.1 Å². The summed E-state index contributed by atoms with van der Waals surface area (Å²) < 4.78 is 57.5. The van der Waals surface area contributed by atoms with E-state index in [-0.39, 0.29) is 47.5 Å². The number of imidazole rings is 1. The molecule has 4 heterocycles. The van der Waals surface area contributed by atoms with Gasteiger partial charge in [0.15, 0.2) is 0 Å². The number of para-hydroxylation sites is 5. The first-order chi connectivity index (χ1) is 37.2. The van der Waals surface area contributed by atoms with Crippen LogP contribution in [0.3, 0.4) is 0 Å². The van der Waals surface area contributed by atoms with Gasteiger partial charge in [0.05, 0.1) is 0 Å². The minimum absolute atomic E-state index is 0.141. The molecule has 0 unspecified atom stereocenters. The minimum atomic E-state index is -0.434. The van der Waals surface area contributed by atoms with E-state index in [0.29, 0.717) is 22.9 Å². The second-order valence-corrected chi connectivity index (χ2v) is 22.7. The van der Waals surface area contributed by atoms with E-state index in [1.54, 1.807) is 0 Å². The Hall–Kier alpha value is -7.47. The van der Waals surface area contributed by atoms with Crippen LogP contribution >= 0.6 is 0 Å². The number of anilines is 4. The Morgan fingerprint density at radius 3 is 1.82 bits per heavy atom. The normalized spacial score (nSPS) is 14.2. The van der Waals surface area contributed by atoms with Gasteiger partial charge in [-0.1, -0.05) is 54.6 Å².